The van der Waals surface area contributed by atoms with Gasteiger partial charge in [0.1, 0.15) is 0 Å². The molecule has 1 N–H and O–H groups in total. The number of carbonyl (C=O) groups excluding carboxylic acids is 2. The number of hydrogen-bond acceptors (Lipinski definition) is 6. The quantitative estimate of drug-likeness (QED) is 0.329. The predicted molar refractivity (Wildman–Crippen MR) is 108 cm³/mol. The van der Waals surface area contributed by atoms with E-state index in [2.05, 4.69) is 26.3 Å². The van der Waals surface area contributed by atoms with Gasteiger partial charge in [-0.3, -0.25) is 19.7 Å². The smallest absolute Gasteiger partial charge is 0.310 e. The van der Waals surface area contributed by atoms with Crippen LogP contribution in [-0.2, 0) is 20.7 Å². The molecule has 0 saturated heterocycles. The topological polar surface area (TPSA) is 116 Å². The summed E-state index contributed by atoms with van der Waals surface area (Å²) < 4.78 is 6.97. The minimum atomic E-state index is -0.574. The molecule has 0 aliphatic carbocycles. The van der Waals surface area contributed by atoms with E-state index in [9.17, 15) is 19.7 Å². The maximum Gasteiger partial charge on any atom is 0.310 e. The van der Waals surface area contributed by atoms with Gasteiger partial charge in [0.15, 0.2) is 6.61 Å². The molecule has 0 aliphatic heterocycles. The Morgan fingerprint density at radius 1 is 1.21 bits per heavy atom. The van der Waals surface area contributed by atoms with E-state index in [0.29, 0.717) is 15.7 Å². The number of nitrogens with one attached hydrogen (secondary N) is 1. The lowest BCUT2D eigenvalue weighted by atomic mass is 10.2. The molecule has 0 radical (unpaired) electrons. The second-order valence-electron chi connectivity index (χ2n) is 5.94. The number of anilines is 1. The Morgan fingerprint density at radius 3 is 2.66 bits per heavy atom. The number of hydrogen-bond donors (Lipinski definition) is 1. The largest absolute Gasteiger partial charge is 0.455 e. The molecule has 0 unspecified atom stereocenters. The molecule has 3 rings (SSSR count). The van der Waals surface area contributed by atoms with Gasteiger partial charge in [0, 0.05) is 28.4 Å². The number of nitrogens with zero attached hydrogens (tertiary/aromatic N) is 3. The third kappa shape index (κ3) is 5.48. The van der Waals surface area contributed by atoms with E-state index in [1.165, 1.54) is 18.2 Å². The van der Waals surface area contributed by atoms with Crippen molar-refractivity contribution in [3.63, 3.8) is 0 Å². The lowest BCUT2D eigenvalue weighted by Crippen LogP contribution is -2.21. The van der Waals surface area contributed by atoms with Crippen LogP contribution in [0.4, 0.5) is 11.4 Å². The van der Waals surface area contributed by atoms with E-state index < -0.39 is 23.4 Å². The van der Waals surface area contributed by atoms with Crippen molar-refractivity contribution < 1.29 is 19.2 Å². The van der Waals surface area contributed by atoms with Crippen molar-refractivity contribution in [2.24, 2.45) is 0 Å². The fraction of sp³-hybridized carbons (Fsp3) is 0.105. The van der Waals surface area contributed by atoms with Gasteiger partial charge in [-0.15, -0.1) is 0 Å². The second kappa shape index (κ2) is 9.11. The number of non-ortho nitro benzene ring substituents is 1. The molecule has 1 aromatic heterocycles. The Bertz CT molecular complexity index is 1050. The first kappa shape index (κ1) is 20.2. The Kier molecular flexibility index (Phi) is 6.35. The van der Waals surface area contributed by atoms with Crippen molar-refractivity contribution in [1.29, 1.82) is 0 Å². The maximum atomic E-state index is 12.0. The highest BCUT2D eigenvalue weighted by atomic mass is 79.9. The van der Waals surface area contributed by atoms with Crippen molar-refractivity contribution >= 4 is 39.2 Å². The van der Waals surface area contributed by atoms with Crippen LogP contribution in [0.2, 0.25) is 0 Å². The summed E-state index contributed by atoms with van der Waals surface area (Å²) in [5.41, 5.74) is 1.73. The third-order valence-electron chi connectivity index (χ3n) is 3.81. The highest BCUT2D eigenvalue weighted by molar-refractivity contribution is 9.10. The molecular formula is C19H15BrN4O5. The second-order valence-corrected chi connectivity index (χ2v) is 6.79. The summed E-state index contributed by atoms with van der Waals surface area (Å²) in [6, 6.07) is 13.3. The van der Waals surface area contributed by atoms with Crippen LogP contribution in [0.15, 0.2) is 65.4 Å². The van der Waals surface area contributed by atoms with E-state index in [0.717, 1.165) is 5.69 Å². The van der Waals surface area contributed by atoms with Crippen molar-refractivity contribution in [3.05, 3.63) is 81.1 Å². The monoisotopic (exact) mass is 458 g/mol. The minimum absolute atomic E-state index is 0.0264. The number of halogens is 1. The third-order valence-corrected chi connectivity index (χ3v) is 4.46. The number of aromatic nitrogens is 2. The normalized spacial score (nSPS) is 10.4. The number of benzene rings is 2. The first-order valence-electron chi connectivity index (χ1n) is 8.41. The van der Waals surface area contributed by atoms with Gasteiger partial charge in [-0.25, -0.2) is 4.68 Å². The fourth-order valence-corrected chi connectivity index (χ4v) is 2.91. The predicted octanol–water partition coefficient (Wildman–Crippen LogP) is 3.27. The first-order chi connectivity index (χ1) is 13.9. The number of esters is 1. The standard InChI is InChI=1S/C19H15BrN4O5/c20-16-9-15(24(27)28)6-7-17(16)22-18(25)12-29-19(26)8-13-10-21-23(11-13)14-4-2-1-3-5-14/h1-7,9-11H,8,12H2,(H,22,25). The van der Waals surface area contributed by atoms with Gasteiger partial charge in [0.05, 0.1) is 28.9 Å². The molecule has 1 amide bonds. The average Bonchev–Trinajstić information content (AvgIpc) is 3.17. The van der Waals surface area contributed by atoms with Gasteiger partial charge in [-0.2, -0.15) is 5.10 Å². The van der Waals surface area contributed by atoms with Crippen molar-refractivity contribution in [3.8, 4) is 5.69 Å². The van der Waals surface area contributed by atoms with Crippen LogP contribution in [0.25, 0.3) is 5.69 Å². The number of rotatable bonds is 7. The van der Waals surface area contributed by atoms with Crippen LogP contribution < -0.4 is 5.32 Å². The lowest BCUT2D eigenvalue weighted by Gasteiger charge is -2.08. The molecule has 0 bridgehead atoms. The Labute approximate surface area is 173 Å². The van der Waals surface area contributed by atoms with Crippen LogP contribution >= 0.6 is 15.9 Å². The van der Waals surface area contributed by atoms with Crippen molar-refractivity contribution in [2.45, 2.75) is 6.42 Å². The Morgan fingerprint density at radius 2 is 1.97 bits per heavy atom. The van der Waals surface area contributed by atoms with Gasteiger partial charge in [0.2, 0.25) is 0 Å². The summed E-state index contributed by atoms with van der Waals surface area (Å²) in [4.78, 5) is 34.1. The molecule has 3 aromatic rings. The summed E-state index contributed by atoms with van der Waals surface area (Å²) in [7, 11) is 0. The zero-order valence-electron chi connectivity index (χ0n) is 14.9. The maximum absolute atomic E-state index is 12.0. The van der Waals surface area contributed by atoms with Gasteiger partial charge < -0.3 is 10.1 Å². The van der Waals surface area contributed by atoms with Crippen molar-refractivity contribution in [1.82, 2.24) is 9.78 Å². The number of para-hydroxylation sites is 1. The molecule has 9 nitrogen and oxygen atoms in total. The van der Waals surface area contributed by atoms with Gasteiger partial charge in [0.25, 0.3) is 11.6 Å². The minimum Gasteiger partial charge on any atom is -0.455 e. The molecule has 1 heterocycles. The SMILES string of the molecule is O=C(COC(=O)Cc1cnn(-c2ccccc2)c1)Nc1ccc([N+](=O)[O-])cc1Br. The van der Waals surface area contributed by atoms with Crippen LogP contribution in [-0.4, -0.2) is 33.2 Å². The van der Waals surface area contributed by atoms with E-state index in [1.54, 1.807) is 17.1 Å². The highest BCUT2D eigenvalue weighted by Gasteiger charge is 2.14. The number of amides is 1. The van der Waals surface area contributed by atoms with Crippen molar-refractivity contribution in [2.75, 3.05) is 11.9 Å². The molecule has 0 spiro atoms. The molecule has 10 heteroatoms. The van der Waals surface area contributed by atoms with E-state index in [-0.39, 0.29) is 12.1 Å². The van der Waals surface area contributed by atoms with E-state index in [1.807, 2.05) is 30.3 Å². The Balaban J connectivity index is 1.50. The summed E-state index contributed by atoms with van der Waals surface area (Å²) in [6.45, 7) is -0.477. The van der Waals surface area contributed by atoms with E-state index in [4.69, 9.17) is 4.74 Å². The first-order valence-corrected chi connectivity index (χ1v) is 9.20. The molecule has 0 aliphatic rings. The zero-order chi connectivity index (χ0) is 20.8. The van der Waals surface area contributed by atoms with Gasteiger partial charge in [-0.05, 0) is 34.1 Å². The van der Waals surface area contributed by atoms with Crippen LogP contribution in [0, 0.1) is 10.1 Å². The number of ether oxygens (including phenoxy) is 1. The van der Waals surface area contributed by atoms with E-state index >= 15 is 0 Å². The molecule has 29 heavy (non-hydrogen) atoms. The number of nitro benzene ring substituents is 1. The lowest BCUT2D eigenvalue weighted by molar-refractivity contribution is -0.384. The molecule has 0 saturated carbocycles. The van der Waals surface area contributed by atoms with Crippen LogP contribution in [0.3, 0.4) is 0 Å². The van der Waals surface area contributed by atoms with Crippen LogP contribution in [0.1, 0.15) is 5.56 Å². The van der Waals surface area contributed by atoms with Gasteiger partial charge >= 0.3 is 5.97 Å². The summed E-state index contributed by atoms with van der Waals surface area (Å²) in [6.07, 6.45) is 3.24. The van der Waals surface area contributed by atoms with Gasteiger partial charge in [-0.1, -0.05) is 18.2 Å². The highest BCUT2D eigenvalue weighted by Crippen LogP contribution is 2.27. The number of carbonyl (C=O) groups is 2. The molecular weight excluding hydrogens is 444 g/mol. The Hall–Kier alpha value is -3.53. The molecule has 0 atom stereocenters. The molecule has 2 aromatic carbocycles. The zero-order valence-corrected chi connectivity index (χ0v) is 16.5. The molecule has 148 valence electrons. The number of nitro groups is 1. The average molecular weight is 459 g/mol. The fourth-order valence-electron chi connectivity index (χ4n) is 2.44. The van der Waals surface area contributed by atoms with Crippen LogP contribution in [0.5, 0.6) is 0 Å². The summed E-state index contributed by atoms with van der Waals surface area (Å²) in [5.74, 6) is -1.14. The summed E-state index contributed by atoms with van der Waals surface area (Å²) in [5, 5.41) is 17.4. The summed E-state index contributed by atoms with van der Waals surface area (Å²) >= 11 is 3.15. The molecule has 0 fully saturated rings.